The molecule has 2 rings (SSSR count). The smallest absolute Gasteiger partial charge is 0.234 e. The van der Waals surface area contributed by atoms with Crippen LogP contribution in [0.2, 0.25) is 0 Å². The molecule has 0 spiro atoms. The highest BCUT2D eigenvalue weighted by Gasteiger charge is 2.07. The summed E-state index contributed by atoms with van der Waals surface area (Å²) in [7, 11) is 0. The van der Waals surface area contributed by atoms with Gasteiger partial charge in [0.15, 0.2) is 0 Å². The van der Waals surface area contributed by atoms with Crippen molar-refractivity contribution in [1.29, 1.82) is 0 Å². The molecule has 0 saturated heterocycles. The van der Waals surface area contributed by atoms with E-state index in [0.29, 0.717) is 4.47 Å². The van der Waals surface area contributed by atoms with E-state index in [1.54, 1.807) is 6.07 Å². The van der Waals surface area contributed by atoms with Gasteiger partial charge in [0.1, 0.15) is 5.82 Å². The highest BCUT2D eigenvalue weighted by Crippen LogP contribution is 2.20. The van der Waals surface area contributed by atoms with Gasteiger partial charge in [0.25, 0.3) is 0 Å². The number of carbonyl (C=O) groups excluding carboxylic acids is 1. The summed E-state index contributed by atoms with van der Waals surface area (Å²) in [6, 6.07) is 12.5. The molecule has 0 unspecified atom stereocenters. The molecular formula is C15H12Br2FNOS. The number of rotatable bonds is 5. The van der Waals surface area contributed by atoms with Gasteiger partial charge in [-0.15, -0.1) is 11.8 Å². The second-order valence-electron chi connectivity index (χ2n) is 4.29. The van der Waals surface area contributed by atoms with Gasteiger partial charge in [-0.1, -0.05) is 44.0 Å². The monoisotopic (exact) mass is 431 g/mol. The number of anilines is 1. The molecule has 0 heterocycles. The Morgan fingerprint density at radius 2 is 1.76 bits per heavy atom. The second-order valence-corrected chi connectivity index (χ2v) is 7.11. The number of thioether (sulfide) groups is 1. The number of halogens is 3. The number of carbonyl (C=O) groups is 1. The second kappa shape index (κ2) is 7.96. The summed E-state index contributed by atoms with van der Waals surface area (Å²) in [4.78, 5) is 11.8. The van der Waals surface area contributed by atoms with Crippen molar-refractivity contribution in [2.24, 2.45) is 0 Å². The Kier molecular flexibility index (Phi) is 6.26. The van der Waals surface area contributed by atoms with E-state index in [1.807, 2.05) is 24.3 Å². The maximum absolute atomic E-state index is 13.6. The Hall–Kier alpha value is -0.850. The van der Waals surface area contributed by atoms with Crippen LogP contribution < -0.4 is 5.32 Å². The molecule has 1 amide bonds. The first kappa shape index (κ1) is 16.5. The lowest BCUT2D eigenvalue weighted by atomic mass is 10.2. The lowest BCUT2D eigenvalue weighted by Gasteiger charge is -2.07. The van der Waals surface area contributed by atoms with Crippen molar-refractivity contribution in [3.63, 3.8) is 0 Å². The van der Waals surface area contributed by atoms with Crippen molar-refractivity contribution >= 4 is 55.2 Å². The summed E-state index contributed by atoms with van der Waals surface area (Å²) in [5, 5.41) is 2.57. The van der Waals surface area contributed by atoms with Crippen LogP contribution in [0.5, 0.6) is 0 Å². The van der Waals surface area contributed by atoms with E-state index in [2.05, 4.69) is 37.2 Å². The molecule has 2 nitrogen and oxygen atoms in total. The summed E-state index contributed by atoms with van der Waals surface area (Å²) in [6.45, 7) is 0. The molecule has 0 bridgehead atoms. The standard InChI is InChI=1S/C15H12Br2FNOS/c16-11-3-1-10(2-4-11)8-21-9-15(20)19-14-6-5-12(17)7-13(14)18/h1-7H,8-9H2,(H,19,20). The Labute approximate surface area is 143 Å². The van der Waals surface area contributed by atoms with Crippen molar-refractivity contribution in [2.45, 2.75) is 5.75 Å². The maximum atomic E-state index is 13.6. The molecule has 0 atom stereocenters. The molecule has 0 aromatic heterocycles. The van der Waals surface area contributed by atoms with Crippen LogP contribution in [0.4, 0.5) is 10.1 Å². The number of hydrogen-bond donors (Lipinski definition) is 1. The maximum Gasteiger partial charge on any atom is 0.234 e. The van der Waals surface area contributed by atoms with Gasteiger partial charge in [0.05, 0.1) is 11.4 Å². The van der Waals surface area contributed by atoms with Crippen LogP contribution in [0, 0.1) is 5.82 Å². The first-order valence-corrected chi connectivity index (χ1v) is 8.86. The lowest BCUT2D eigenvalue weighted by molar-refractivity contribution is -0.113. The number of amides is 1. The zero-order valence-corrected chi connectivity index (χ0v) is 14.9. The van der Waals surface area contributed by atoms with E-state index in [0.717, 1.165) is 15.8 Å². The molecule has 1 N–H and O–H groups in total. The fraction of sp³-hybridized carbons (Fsp3) is 0.133. The van der Waals surface area contributed by atoms with E-state index in [1.165, 1.54) is 23.9 Å². The van der Waals surface area contributed by atoms with Gasteiger partial charge in [0.2, 0.25) is 5.91 Å². The number of nitrogens with one attached hydrogen (secondary N) is 1. The quantitative estimate of drug-likeness (QED) is 0.701. The van der Waals surface area contributed by atoms with Crippen LogP contribution in [0.15, 0.2) is 51.4 Å². The molecule has 0 fully saturated rings. The summed E-state index contributed by atoms with van der Waals surface area (Å²) < 4.78 is 15.2. The molecule has 0 aliphatic rings. The van der Waals surface area contributed by atoms with E-state index < -0.39 is 5.82 Å². The first-order chi connectivity index (χ1) is 10.0. The van der Waals surface area contributed by atoms with Crippen molar-refractivity contribution in [2.75, 3.05) is 11.1 Å². The number of benzene rings is 2. The zero-order chi connectivity index (χ0) is 15.2. The predicted molar refractivity (Wildman–Crippen MR) is 93.0 cm³/mol. The van der Waals surface area contributed by atoms with Gasteiger partial charge < -0.3 is 5.32 Å². The van der Waals surface area contributed by atoms with Gasteiger partial charge >= 0.3 is 0 Å². The van der Waals surface area contributed by atoms with Crippen LogP contribution in [0.3, 0.4) is 0 Å². The molecule has 2 aromatic rings. The van der Waals surface area contributed by atoms with Crippen LogP contribution in [0.25, 0.3) is 0 Å². The van der Waals surface area contributed by atoms with E-state index >= 15 is 0 Å². The summed E-state index contributed by atoms with van der Waals surface area (Å²) in [5.41, 5.74) is 1.35. The van der Waals surface area contributed by atoms with Gasteiger partial charge in [-0.25, -0.2) is 4.39 Å². The summed E-state index contributed by atoms with van der Waals surface area (Å²) in [5.74, 6) is 0.365. The molecule has 21 heavy (non-hydrogen) atoms. The third-order valence-electron chi connectivity index (χ3n) is 2.62. The summed E-state index contributed by atoms with van der Waals surface area (Å²) in [6.07, 6.45) is 0. The summed E-state index contributed by atoms with van der Waals surface area (Å²) >= 11 is 8.04. The Morgan fingerprint density at radius 1 is 1.10 bits per heavy atom. The highest BCUT2D eigenvalue weighted by molar-refractivity contribution is 9.10. The van der Waals surface area contributed by atoms with Crippen LogP contribution in [-0.2, 0) is 10.5 Å². The van der Waals surface area contributed by atoms with E-state index in [-0.39, 0.29) is 17.3 Å². The fourth-order valence-corrected chi connectivity index (χ4v) is 3.00. The lowest BCUT2D eigenvalue weighted by Crippen LogP contribution is -2.15. The average Bonchev–Trinajstić information content (AvgIpc) is 2.44. The largest absolute Gasteiger partial charge is 0.323 e. The van der Waals surface area contributed by atoms with Gasteiger partial charge in [-0.05, 0) is 35.9 Å². The topological polar surface area (TPSA) is 29.1 Å². The molecule has 6 heteroatoms. The predicted octanol–water partition coefficient (Wildman–Crippen LogP) is 5.22. The van der Waals surface area contributed by atoms with Crippen molar-refractivity contribution in [3.8, 4) is 0 Å². The number of hydrogen-bond acceptors (Lipinski definition) is 2. The molecule has 0 aliphatic carbocycles. The van der Waals surface area contributed by atoms with Gasteiger partial charge in [-0.3, -0.25) is 4.79 Å². The van der Waals surface area contributed by atoms with Gasteiger partial charge in [-0.2, -0.15) is 0 Å². The van der Waals surface area contributed by atoms with Crippen molar-refractivity contribution in [1.82, 2.24) is 0 Å². The zero-order valence-electron chi connectivity index (χ0n) is 10.9. The molecule has 0 aliphatic heterocycles. The molecular weight excluding hydrogens is 421 g/mol. The van der Waals surface area contributed by atoms with Crippen molar-refractivity contribution < 1.29 is 9.18 Å². The molecule has 110 valence electrons. The minimum absolute atomic E-state index is 0.201. The Balaban J connectivity index is 1.81. The third-order valence-corrected chi connectivity index (χ3v) is 4.65. The SMILES string of the molecule is O=C(CSCc1ccc(Br)cc1)Nc1ccc(Br)cc1F. The van der Waals surface area contributed by atoms with E-state index in [9.17, 15) is 9.18 Å². The van der Waals surface area contributed by atoms with Gasteiger partial charge in [0, 0.05) is 14.7 Å². The van der Waals surface area contributed by atoms with E-state index in [4.69, 9.17) is 0 Å². The van der Waals surface area contributed by atoms with Crippen LogP contribution in [-0.4, -0.2) is 11.7 Å². The third kappa shape index (κ3) is 5.45. The fourth-order valence-electron chi connectivity index (χ4n) is 1.62. The minimum Gasteiger partial charge on any atom is -0.323 e. The minimum atomic E-state index is -0.448. The first-order valence-electron chi connectivity index (χ1n) is 6.11. The van der Waals surface area contributed by atoms with Crippen LogP contribution in [0.1, 0.15) is 5.56 Å². The average molecular weight is 433 g/mol. The van der Waals surface area contributed by atoms with Crippen molar-refractivity contribution in [3.05, 3.63) is 62.8 Å². The highest BCUT2D eigenvalue weighted by atomic mass is 79.9. The molecule has 0 radical (unpaired) electrons. The molecule has 2 aromatic carbocycles. The Morgan fingerprint density at radius 3 is 2.43 bits per heavy atom. The Bertz CT molecular complexity index is 634. The molecule has 0 saturated carbocycles. The van der Waals surface area contributed by atoms with Crippen LogP contribution >= 0.6 is 43.6 Å². The normalized spacial score (nSPS) is 10.4.